The first-order valence-corrected chi connectivity index (χ1v) is 9.98. The number of fused-ring (bicyclic) bond motifs is 3. The van der Waals surface area contributed by atoms with Crippen LogP contribution < -0.4 is 14.9 Å². The number of carboxylic acids is 1. The predicted molar refractivity (Wildman–Crippen MR) is 113 cm³/mol. The number of rotatable bonds is 6. The van der Waals surface area contributed by atoms with Crippen LogP contribution in [-0.4, -0.2) is 22.2 Å². The van der Waals surface area contributed by atoms with Gasteiger partial charge < -0.3 is 19.1 Å². The predicted octanol–water partition coefficient (Wildman–Crippen LogP) is 4.64. The van der Waals surface area contributed by atoms with Crippen LogP contribution in [0.5, 0.6) is 11.5 Å². The molecule has 1 aromatic heterocycles. The van der Waals surface area contributed by atoms with E-state index in [0.29, 0.717) is 18.1 Å². The van der Waals surface area contributed by atoms with Gasteiger partial charge in [-0.05, 0) is 25.0 Å². The van der Waals surface area contributed by atoms with E-state index in [4.69, 9.17) is 9.47 Å². The van der Waals surface area contributed by atoms with Crippen LogP contribution in [0, 0.1) is 6.92 Å². The van der Waals surface area contributed by atoms with Crippen LogP contribution in [0.15, 0.2) is 59.5 Å². The molecular weight excluding hydrogens is 382 g/mol. The molecule has 4 rings (SSSR count). The normalized spacial score (nSPS) is 14.4. The molecule has 6 heteroatoms. The van der Waals surface area contributed by atoms with Crippen molar-refractivity contribution < 1.29 is 19.4 Å². The van der Waals surface area contributed by atoms with Crippen molar-refractivity contribution in [2.75, 3.05) is 6.61 Å². The van der Waals surface area contributed by atoms with Crippen LogP contribution in [0.2, 0.25) is 0 Å². The lowest BCUT2D eigenvalue weighted by Crippen LogP contribution is -2.27. The van der Waals surface area contributed by atoms with Gasteiger partial charge in [-0.15, -0.1) is 0 Å². The lowest BCUT2D eigenvalue weighted by Gasteiger charge is -2.32. The molecule has 154 valence electrons. The van der Waals surface area contributed by atoms with E-state index in [1.807, 2.05) is 49.4 Å². The van der Waals surface area contributed by atoms with Crippen molar-refractivity contribution in [1.82, 2.24) is 4.57 Å². The van der Waals surface area contributed by atoms with Crippen LogP contribution in [0.3, 0.4) is 0 Å². The van der Waals surface area contributed by atoms with Crippen molar-refractivity contribution in [3.8, 4) is 22.8 Å². The number of hydrogen-bond acceptors (Lipinski definition) is 4. The van der Waals surface area contributed by atoms with Crippen molar-refractivity contribution >= 4 is 5.97 Å². The van der Waals surface area contributed by atoms with E-state index >= 15 is 0 Å². The molecule has 2 heterocycles. The molecule has 2 aromatic carbocycles. The van der Waals surface area contributed by atoms with Gasteiger partial charge in [-0.1, -0.05) is 43.7 Å². The molecule has 0 radical (unpaired) electrons. The highest BCUT2D eigenvalue weighted by atomic mass is 16.5. The maximum Gasteiger partial charge on any atom is 0.341 e. The zero-order valence-electron chi connectivity index (χ0n) is 16.9. The molecule has 1 atom stereocenters. The summed E-state index contributed by atoms with van der Waals surface area (Å²) in [5.41, 5.74) is 2.29. The second-order valence-electron chi connectivity index (χ2n) is 7.35. The Hall–Kier alpha value is -3.54. The third-order valence-corrected chi connectivity index (χ3v) is 5.19. The number of aromatic carboxylic acids is 1. The van der Waals surface area contributed by atoms with E-state index in [9.17, 15) is 14.7 Å². The molecule has 1 aliphatic heterocycles. The quantitative estimate of drug-likeness (QED) is 0.605. The van der Waals surface area contributed by atoms with Gasteiger partial charge in [0.25, 0.3) is 0 Å². The number of aromatic nitrogens is 1. The maximum absolute atomic E-state index is 12.5. The van der Waals surface area contributed by atoms with Gasteiger partial charge in [0.05, 0.1) is 12.3 Å². The van der Waals surface area contributed by atoms with Crippen LogP contribution in [0.4, 0.5) is 0 Å². The van der Waals surface area contributed by atoms with E-state index < -0.39 is 17.6 Å². The van der Waals surface area contributed by atoms with Crippen molar-refractivity contribution in [2.45, 2.75) is 32.9 Å². The standard InChI is InChI=1S/C24H23NO5/c1-3-4-10-29-21-13-22-17(11-15(21)2)19-12-20(26)18(24(27)28)14-25(19)23(30-22)16-8-6-5-7-9-16/h5-9,11-14,23H,3-4,10H2,1-2H3,(H,27,28). The average molecular weight is 405 g/mol. The molecule has 3 aromatic rings. The summed E-state index contributed by atoms with van der Waals surface area (Å²) < 4.78 is 13.9. The minimum absolute atomic E-state index is 0.289. The average Bonchev–Trinajstić information content (AvgIpc) is 2.74. The van der Waals surface area contributed by atoms with E-state index in [1.54, 1.807) is 4.57 Å². The van der Waals surface area contributed by atoms with Gasteiger partial charge in [-0.2, -0.15) is 0 Å². The number of ether oxygens (including phenoxy) is 2. The monoisotopic (exact) mass is 405 g/mol. The van der Waals surface area contributed by atoms with E-state index in [0.717, 1.165) is 35.3 Å². The first kappa shape index (κ1) is 19.8. The molecule has 0 fully saturated rings. The summed E-state index contributed by atoms with van der Waals surface area (Å²) in [4.78, 5) is 24.0. The van der Waals surface area contributed by atoms with Crippen molar-refractivity contribution in [3.05, 3.63) is 81.6 Å². The summed E-state index contributed by atoms with van der Waals surface area (Å²) in [6, 6.07) is 14.6. The number of aryl methyl sites for hydroxylation is 1. The van der Waals surface area contributed by atoms with Gasteiger partial charge in [0.15, 0.2) is 5.43 Å². The fourth-order valence-electron chi connectivity index (χ4n) is 3.59. The van der Waals surface area contributed by atoms with E-state index in [-0.39, 0.29) is 5.56 Å². The Bertz CT molecular complexity index is 1150. The lowest BCUT2D eigenvalue weighted by atomic mass is 10.0. The topological polar surface area (TPSA) is 77.8 Å². The SMILES string of the molecule is CCCCOc1cc2c(cc1C)-c1cc(=O)c(C(=O)O)cn1C(c1ccccc1)O2. The molecule has 1 aliphatic rings. The van der Waals surface area contributed by atoms with Gasteiger partial charge in [0, 0.05) is 29.5 Å². The molecule has 0 saturated heterocycles. The maximum atomic E-state index is 12.5. The van der Waals surface area contributed by atoms with E-state index in [2.05, 4.69) is 6.92 Å². The van der Waals surface area contributed by atoms with Gasteiger partial charge in [-0.25, -0.2) is 4.79 Å². The highest BCUT2D eigenvalue weighted by Crippen LogP contribution is 2.43. The number of unbranched alkanes of at least 4 members (excludes halogenated alkanes) is 1. The van der Waals surface area contributed by atoms with Crippen molar-refractivity contribution in [3.63, 3.8) is 0 Å². The number of nitrogens with zero attached hydrogens (tertiary/aromatic N) is 1. The smallest absolute Gasteiger partial charge is 0.341 e. The molecule has 1 unspecified atom stereocenters. The number of carbonyl (C=O) groups is 1. The molecule has 0 bridgehead atoms. The largest absolute Gasteiger partial charge is 0.493 e. The Morgan fingerprint density at radius 2 is 1.97 bits per heavy atom. The summed E-state index contributed by atoms with van der Waals surface area (Å²) in [5.74, 6) is 0.0825. The Labute approximate surface area is 174 Å². The molecule has 6 nitrogen and oxygen atoms in total. The molecule has 0 amide bonds. The summed E-state index contributed by atoms with van der Waals surface area (Å²) in [5, 5.41) is 9.43. The second-order valence-corrected chi connectivity index (χ2v) is 7.35. The van der Waals surface area contributed by atoms with Crippen molar-refractivity contribution in [2.24, 2.45) is 0 Å². The minimum atomic E-state index is -1.26. The first-order chi connectivity index (χ1) is 14.5. The lowest BCUT2D eigenvalue weighted by molar-refractivity contribution is 0.0693. The second kappa shape index (κ2) is 8.06. The summed E-state index contributed by atoms with van der Waals surface area (Å²) in [6.45, 7) is 4.67. The van der Waals surface area contributed by atoms with Gasteiger partial charge in [0.2, 0.25) is 6.23 Å². The molecule has 30 heavy (non-hydrogen) atoms. The molecule has 0 saturated carbocycles. The molecule has 0 aliphatic carbocycles. The van der Waals surface area contributed by atoms with Gasteiger partial charge in [0.1, 0.15) is 17.1 Å². The van der Waals surface area contributed by atoms with Crippen LogP contribution in [-0.2, 0) is 0 Å². The Balaban J connectivity index is 1.89. The van der Waals surface area contributed by atoms with Crippen LogP contribution in [0.1, 0.15) is 47.5 Å². The van der Waals surface area contributed by atoms with Crippen LogP contribution >= 0.6 is 0 Å². The zero-order chi connectivity index (χ0) is 21.3. The summed E-state index contributed by atoms with van der Waals surface area (Å²) >= 11 is 0. The highest BCUT2D eigenvalue weighted by molar-refractivity contribution is 5.88. The first-order valence-electron chi connectivity index (χ1n) is 9.98. The number of benzene rings is 2. The Morgan fingerprint density at radius 1 is 1.20 bits per heavy atom. The number of carboxylic acid groups (broad SMARTS) is 1. The molecular formula is C24H23NO5. The Kier molecular flexibility index (Phi) is 5.31. The fraction of sp³-hybridized carbons (Fsp3) is 0.250. The fourth-order valence-corrected chi connectivity index (χ4v) is 3.59. The molecule has 1 N–H and O–H groups in total. The van der Waals surface area contributed by atoms with Gasteiger partial charge >= 0.3 is 5.97 Å². The number of hydrogen-bond donors (Lipinski definition) is 1. The minimum Gasteiger partial charge on any atom is -0.493 e. The van der Waals surface area contributed by atoms with Crippen molar-refractivity contribution in [1.29, 1.82) is 0 Å². The van der Waals surface area contributed by atoms with E-state index in [1.165, 1.54) is 12.3 Å². The van der Waals surface area contributed by atoms with Gasteiger partial charge in [-0.3, -0.25) is 4.79 Å². The third-order valence-electron chi connectivity index (χ3n) is 5.19. The third kappa shape index (κ3) is 3.56. The zero-order valence-corrected chi connectivity index (χ0v) is 16.9. The van der Waals surface area contributed by atoms with Crippen LogP contribution in [0.25, 0.3) is 11.3 Å². The number of pyridine rings is 1. The summed E-state index contributed by atoms with van der Waals surface area (Å²) in [6.07, 6.45) is 2.76. The summed E-state index contributed by atoms with van der Waals surface area (Å²) in [7, 11) is 0. The Morgan fingerprint density at radius 3 is 2.67 bits per heavy atom. The highest BCUT2D eigenvalue weighted by Gasteiger charge is 2.29. The molecule has 0 spiro atoms.